The van der Waals surface area contributed by atoms with E-state index in [4.69, 9.17) is 27.9 Å². The minimum absolute atomic E-state index is 0.0713. The molecule has 1 atom stereocenters. The summed E-state index contributed by atoms with van der Waals surface area (Å²) < 4.78 is 29.4. The lowest BCUT2D eigenvalue weighted by Gasteiger charge is -2.37. The number of hydrogen-bond acceptors (Lipinski definition) is 5. The summed E-state index contributed by atoms with van der Waals surface area (Å²) in [6, 6.07) is 12.5. The highest BCUT2D eigenvalue weighted by Crippen LogP contribution is 2.26. The monoisotopic (exact) mass is 482 g/mol. The minimum atomic E-state index is -2.91. The number of carbonyl (C=O) groups is 1. The van der Waals surface area contributed by atoms with E-state index in [-0.39, 0.29) is 30.1 Å². The third kappa shape index (κ3) is 5.34. The Morgan fingerprint density at radius 2 is 1.81 bits per heavy atom. The molecule has 6 nitrogen and oxygen atoms in total. The number of ether oxygens (including phenoxy) is 1. The maximum absolute atomic E-state index is 13.2. The van der Waals surface area contributed by atoms with Crippen molar-refractivity contribution in [1.82, 2.24) is 9.80 Å². The molecule has 2 saturated heterocycles. The van der Waals surface area contributed by atoms with E-state index in [1.807, 2.05) is 12.1 Å². The van der Waals surface area contributed by atoms with Crippen LogP contribution in [-0.4, -0.2) is 67.9 Å². The summed E-state index contributed by atoms with van der Waals surface area (Å²) in [5.41, 5.74) is 1.29. The highest BCUT2D eigenvalue weighted by Gasteiger charge is 2.34. The van der Waals surface area contributed by atoms with E-state index >= 15 is 0 Å². The summed E-state index contributed by atoms with van der Waals surface area (Å²) >= 11 is 12.2. The third-order valence-corrected chi connectivity index (χ3v) is 8.18. The van der Waals surface area contributed by atoms with E-state index in [0.29, 0.717) is 54.0 Å². The van der Waals surface area contributed by atoms with Crippen LogP contribution in [0.3, 0.4) is 0 Å². The lowest BCUT2D eigenvalue weighted by atomic mass is 10.1. The van der Waals surface area contributed by atoms with Gasteiger partial charge in [-0.2, -0.15) is 0 Å². The first-order chi connectivity index (χ1) is 14.8. The van der Waals surface area contributed by atoms with Gasteiger partial charge in [0, 0.05) is 47.8 Å². The van der Waals surface area contributed by atoms with E-state index in [0.717, 1.165) is 5.56 Å². The molecule has 0 saturated carbocycles. The Kier molecular flexibility index (Phi) is 6.77. The number of nitrogens with zero attached hydrogens (tertiary/aromatic N) is 2. The zero-order valence-corrected chi connectivity index (χ0v) is 19.3. The molecule has 2 aliphatic rings. The molecule has 0 radical (unpaired) electrons. The Morgan fingerprint density at radius 1 is 1.06 bits per heavy atom. The van der Waals surface area contributed by atoms with Crippen molar-refractivity contribution >= 4 is 38.9 Å². The van der Waals surface area contributed by atoms with Crippen LogP contribution < -0.4 is 4.74 Å². The van der Waals surface area contributed by atoms with Crippen molar-refractivity contribution in [2.24, 2.45) is 0 Å². The van der Waals surface area contributed by atoms with Gasteiger partial charge in [0.2, 0.25) is 0 Å². The number of piperazine rings is 1. The van der Waals surface area contributed by atoms with Crippen molar-refractivity contribution in [3.05, 3.63) is 63.6 Å². The Labute approximate surface area is 192 Å². The van der Waals surface area contributed by atoms with Crippen LogP contribution in [0.1, 0.15) is 22.3 Å². The fraction of sp³-hybridized carbons (Fsp3) is 0.409. The SMILES string of the molecule is O=C(c1ccccc1OCc1ccc(Cl)cc1Cl)N1CCN(C2CCS(=O)(=O)C2)CC1. The lowest BCUT2D eigenvalue weighted by molar-refractivity contribution is 0.0583. The Morgan fingerprint density at radius 3 is 2.48 bits per heavy atom. The van der Waals surface area contributed by atoms with Gasteiger partial charge in [0.25, 0.3) is 5.91 Å². The van der Waals surface area contributed by atoms with Gasteiger partial charge in [-0.25, -0.2) is 8.42 Å². The highest BCUT2D eigenvalue weighted by atomic mass is 35.5. The number of para-hydroxylation sites is 1. The molecule has 1 amide bonds. The number of amides is 1. The number of sulfone groups is 1. The summed E-state index contributed by atoms with van der Waals surface area (Å²) in [5, 5.41) is 1.07. The minimum Gasteiger partial charge on any atom is -0.488 e. The molecule has 2 fully saturated rings. The molecular weight excluding hydrogens is 459 g/mol. The normalized spacial score (nSPS) is 21.2. The first-order valence-electron chi connectivity index (χ1n) is 10.2. The molecular formula is C22H24Cl2N2O4S. The number of rotatable bonds is 5. The molecule has 2 aromatic rings. The summed E-state index contributed by atoms with van der Waals surface area (Å²) in [7, 11) is -2.91. The molecule has 2 aliphatic heterocycles. The van der Waals surface area contributed by atoms with Gasteiger partial charge in [-0.3, -0.25) is 9.69 Å². The van der Waals surface area contributed by atoms with Crippen LogP contribution in [0.4, 0.5) is 0 Å². The average molecular weight is 483 g/mol. The Hall–Kier alpha value is -1.80. The molecule has 31 heavy (non-hydrogen) atoms. The van der Waals surface area contributed by atoms with Gasteiger partial charge in [-0.15, -0.1) is 0 Å². The smallest absolute Gasteiger partial charge is 0.257 e. The van der Waals surface area contributed by atoms with Gasteiger partial charge in [0.1, 0.15) is 12.4 Å². The average Bonchev–Trinajstić information content (AvgIpc) is 3.13. The van der Waals surface area contributed by atoms with Gasteiger partial charge < -0.3 is 9.64 Å². The Bertz CT molecular complexity index is 1070. The Balaban J connectivity index is 1.39. The largest absolute Gasteiger partial charge is 0.488 e. The molecule has 0 spiro atoms. The predicted molar refractivity (Wildman–Crippen MR) is 122 cm³/mol. The van der Waals surface area contributed by atoms with Crippen molar-refractivity contribution in [1.29, 1.82) is 0 Å². The summed E-state index contributed by atoms with van der Waals surface area (Å²) in [6.07, 6.45) is 0.681. The zero-order chi connectivity index (χ0) is 22.0. The van der Waals surface area contributed by atoms with Gasteiger partial charge in [0.15, 0.2) is 9.84 Å². The van der Waals surface area contributed by atoms with Crippen molar-refractivity contribution in [2.45, 2.75) is 19.1 Å². The summed E-state index contributed by atoms with van der Waals surface area (Å²) in [6.45, 7) is 2.70. The fourth-order valence-corrected chi connectivity index (χ4v) is 6.31. The zero-order valence-electron chi connectivity index (χ0n) is 17.0. The van der Waals surface area contributed by atoms with Crippen LogP contribution in [0.5, 0.6) is 5.75 Å². The van der Waals surface area contributed by atoms with Crippen LogP contribution >= 0.6 is 23.2 Å². The van der Waals surface area contributed by atoms with Crippen molar-refractivity contribution < 1.29 is 17.9 Å². The van der Waals surface area contributed by atoms with Crippen LogP contribution in [0.15, 0.2) is 42.5 Å². The number of hydrogen-bond donors (Lipinski definition) is 0. The predicted octanol–water partition coefficient (Wildman–Crippen LogP) is 3.52. The maximum Gasteiger partial charge on any atom is 0.257 e. The molecule has 9 heteroatoms. The standard InChI is InChI=1S/C22H24Cl2N2O4S/c23-17-6-5-16(20(24)13-17)14-30-21-4-2-1-3-19(21)22(27)26-10-8-25(9-11-26)18-7-12-31(28,29)15-18/h1-6,13,18H,7-12,14-15H2. The van der Waals surface area contributed by atoms with E-state index in [1.54, 1.807) is 35.2 Å². The van der Waals surface area contributed by atoms with Crippen LogP contribution in [0.25, 0.3) is 0 Å². The maximum atomic E-state index is 13.2. The second kappa shape index (κ2) is 9.36. The second-order valence-corrected chi connectivity index (χ2v) is 11.0. The van der Waals surface area contributed by atoms with Gasteiger partial charge in [-0.1, -0.05) is 41.4 Å². The third-order valence-electron chi connectivity index (χ3n) is 5.84. The first-order valence-corrected chi connectivity index (χ1v) is 12.8. The van der Waals surface area contributed by atoms with Crippen LogP contribution in [0, 0.1) is 0 Å². The molecule has 4 rings (SSSR count). The first kappa shape index (κ1) is 22.4. The number of halogens is 2. The van der Waals surface area contributed by atoms with Gasteiger partial charge in [0.05, 0.1) is 17.1 Å². The van der Waals surface area contributed by atoms with Gasteiger partial charge in [-0.05, 0) is 30.7 Å². The lowest BCUT2D eigenvalue weighted by Crippen LogP contribution is -2.52. The molecule has 0 N–H and O–H groups in total. The highest BCUT2D eigenvalue weighted by molar-refractivity contribution is 7.91. The molecule has 166 valence electrons. The second-order valence-electron chi connectivity index (χ2n) is 7.91. The van der Waals surface area contributed by atoms with E-state index in [9.17, 15) is 13.2 Å². The van der Waals surface area contributed by atoms with Crippen molar-refractivity contribution in [2.75, 3.05) is 37.7 Å². The molecule has 1 unspecified atom stereocenters. The summed E-state index contributed by atoms with van der Waals surface area (Å²) in [4.78, 5) is 17.2. The van der Waals surface area contributed by atoms with E-state index < -0.39 is 9.84 Å². The van der Waals surface area contributed by atoms with Crippen LogP contribution in [0.2, 0.25) is 10.0 Å². The van der Waals surface area contributed by atoms with E-state index in [2.05, 4.69) is 4.90 Å². The molecule has 0 bridgehead atoms. The van der Waals surface area contributed by atoms with Crippen LogP contribution in [-0.2, 0) is 16.4 Å². The summed E-state index contributed by atoms with van der Waals surface area (Å²) in [5.74, 6) is 0.906. The fourth-order valence-electron chi connectivity index (χ4n) is 4.09. The van der Waals surface area contributed by atoms with E-state index in [1.165, 1.54) is 0 Å². The molecule has 0 aromatic heterocycles. The number of carbonyl (C=O) groups excluding carboxylic acids is 1. The molecule has 2 heterocycles. The molecule has 0 aliphatic carbocycles. The molecule has 2 aromatic carbocycles. The van der Waals surface area contributed by atoms with Gasteiger partial charge >= 0.3 is 0 Å². The topological polar surface area (TPSA) is 66.9 Å². The van der Waals surface area contributed by atoms with Crippen molar-refractivity contribution in [3.8, 4) is 5.75 Å². The quantitative estimate of drug-likeness (QED) is 0.651. The number of benzene rings is 2. The van der Waals surface area contributed by atoms with Crippen molar-refractivity contribution in [3.63, 3.8) is 0 Å².